The lowest BCUT2D eigenvalue weighted by molar-refractivity contribution is 0.0940. The summed E-state index contributed by atoms with van der Waals surface area (Å²) in [5.74, 6) is -0.0483. The molecule has 1 amide bonds. The Kier molecular flexibility index (Phi) is 5.28. The lowest BCUT2D eigenvalue weighted by Gasteiger charge is -2.23. The van der Waals surface area contributed by atoms with Crippen molar-refractivity contribution < 1.29 is 4.79 Å². The van der Waals surface area contributed by atoms with Crippen LogP contribution in [-0.2, 0) is 0 Å². The van der Waals surface area contributed by atoms with E-state index in [2.05, 4.69) is 27.5 Å². The molecule has 1 aliphatic carbocycles. The van der Waals surface area contributed by atoms with Gasteiger partial charge in [-0.2, -0.15) is 0 Å². The maximum absolute atomic E-state index is 12.4. The number of aromatic amines is 1. The van der Waals surface area contributed by atoms with E-state index in [1.165, 1.54) is 32.1 Å². The van der Waals surface area contributed by atoms with Gasteiger partial charge in [-0.3, -0.25) is 4.79 Å². The van der Waals surface area contributed by atoms with Crippen molar-refractivity contribution in [2.75, 3.05) is 6.54 Å². The minimum Gasteiger partial charge on any atom is -0.349 e. The zero-order valence-corrected chi connectivity index (χ0v) is 13.8. The number of imidazole rings is 1. The minimum absolute atomic E-state index is 0.0483. The molecule has 5 nitrogen and oxygen atoms in total. The molecule has 1 heterocycles. The quantitative estimate of drug-likeness (QED) is 0.767. The average molecular weight is 314 g/mol. The van der Waals surface area contributed by atoms with E-state index >= 15 is 0 Å². The lowest BCUT2D eigenvalue weighted by atomic mass is 9.95. The summed E-state index contributed by atoms with van der Waals surface area (Å²) in [7, 11) is 0. The second-order valence-electron chi connectivity index (χ2n) is 6.56. The Balaban J connectivity index is 1.48. The second kappa shape index (κ2) is 7.59. The summed E-state index contributed by atoms with van der Waals surface area (Å²) in [5, 5.41) is 6.71. The Morgan fingerprint density at radius 2 is 2.17 bits per heavy atom. The van der Waals surface area contributed by atoms with E-state index in [4.69, 9.17) is 0 Å². The minimum atomic E-state index is -0.0483. The fraction of sp³-hybridized carbons (Fsp3) is 0.556. The molecule has 1 aliphatic rings. The van der Waals surface area contributed by atoms with E-state index in [9.17, 15) is 4.79 Å². The Morgan fingerprint density at radius 1 is 1.35 bits per heavy atom. The third-order valence-electron chi connectivity index (χ3n) is 4.69. The van der Waals surface area contributed by atoms with Crippen LogP contribution in [0.2, 0.25) is 0 Å². The molecule has 1 unspecified atom stereocenters. The smallest absolute Gasteiger partial charge is 0.253 e. The number of amides is 1. The summed E-state index contributed by atoms with van der Waals surface area (Å²) in [6, 6.07) is 6.45. The van der Waals surface area contributed by atoms with Gasteiger partial charge in [0.05, 0.1) is 17.4 Å². The SMILES string of the molecule is CC(CCNC1CCCCC1)NC(=O)c1cccc2[nH]cnc12. The molecule has 0 saturated heterocycles. The molecule has 1 saturated carbocycles. The van der Waals surface area contributed by atoms with E-state index in [1.807, 2.05) is 18.2 Å². The number of fused-ring (bicyclic) bond motifs is 1. The summed E-state index contributed by atoms with van der Waals surface area (Å²) in [6.07, 6.45) is 9.22. The zero-order chi connectivity index (χ0) is 16.1. The molecule has 0 spiro atoms. The molecule has 23 heavy (non-hydrogen) atoms. The van der Waals surface area contributed by atoms with Gasteiger partial charge in [0.2, 0.25) is 0 Å². The molecule has 3 N–H and O–H groups in total. The summed E-state index contributed by atoms with van der Waals surface area (Å²) in [6.45, 7) is 3.02. The first-order valence-electron chi connectivity index (χ1n) is 8.70. The summed E-state index contributed by atoms with van der Waals surface area (Å²) < 4.78 is 0. The van der Waals surface area contributed by atoms with Crippen molar-refractivity contribution in [2.45, 2.75) is 57.5 Å². The number of aromatic nitrogens is 2. The molecule has 0 aliphatic heterocycles. The number of para-hydroxylation sites is 1. The van der Waals surface area contributed by atoms with Gasteiger partial charge in [-0.15, -0.1) is 0 Å². The first kappa shape index (κ1) is 16.0. The highest BCUT2D eigenvalue weighted by atomic mass is 16.1. The van der Waals surface area contributed by atoms with Gasteiger partial charge in [0.25, 0.3) is 5.91 Å². The molecule has 1 fully saturated rings. The van der Waals surface area contributed by atoms with Crippen LogP contribution in [0, 0.1) is 0 Å². The zero-order valence-electron chi connectivity index (χ0n) is 13.8. The van der Waals surface area contributed by atoms with Crippen molar-refractivity contribution in [1.82, 2.24) is 20.6 Å². The number of nitrogens with zero attached hydrogens (tertiary/aromatic N) is 1. The number of hydrogen-bond donors (Lipinski definition) is 3. The Bertz CT molecular complexity index is 645. The predicted octanol–water partition coefficient (Wildman–Crippen LogP) is 2.99. The van der Waals surface area contributed by atoms with Crippen LogP contribution in [0.4, 0.5) is 0 Å². The first-order valence-corrected chi connectivity index (χ1v) is 8.70. The van der Waals surface area contributed by atoms with E-state index < -0.39 is 0 Å². The van der Waals surface area contributed by atoms with Gasteiger partial charge in [0.1, 0.15) is 5.52 Å². The third-order valence-corrected chi connectivity index (χ3v) is 4.69. The van der Waals surface area contributed by atoms with Gasteiger partial charge in [-0.05, 0) is 44.9 Å². The van der Waals surface area contributed by atoms with Crippen LogP contribution in [-0.4, -0.2) is 34.5 Å². The van der Waals surface area contributed by atoms with Crippen molar-refractivity contribution in [3.8, 4) is 0 Å². The van der Waals surface area contributed by atoms with E-state index in [0.29, 0.717) is 11.6 Å². The monoisotopic (exact) mass is 314 g/mol. The maximum atomic E-state index is 12.4. The number of carbonyl (C=O) groups excluding carboxylic acids is 1. The molecule has 1 aromatic carbocycles. The van der Waals surface area contributed by atoms with Crippen molar-refractivity contribution in [3.63, 3.8) is 0 Å². The maximum Gasteiger partial charge on any atom is 0.253 e. The predicted molar refractivity (Wildman–Crippen MR) is 92.5 cm³/mol. The number of rotatable bonds is 6. The number of hydrogen-bond acceptors (Lipinski definition) is 3. The summed E-state index contributed by atoms with van der Waals surface area (Å²) >= 11 is 0. The second-order valence-corrected chi connectivity index (χ2v) is 6.56. The Labute approximate surface area is 137 Å². The lowest BCUT2D eigenvalue weighted by Crippen LogP contribution is -2.38. The van der Waals surface area contributed by atoms with Gasteiger partial charge in [0.15, 0.2) is 0 Å². The summed E-state index contributed by atoms with van der Waals surface area (Å²) in [5.41, 5.74) is 2.26. The number of H-pyrrole nitrogens is 1. The largest absolute Gasteiger partial charge is 0.349 e. The molecular formula is C18H26N4O. The molecule has 1 aromatic heterocycles. The molecule has 0 radical (unpaired) electrons. The molecule has 1 atom stereocenters. The standard InChI is InChI=1S/C18H26N4O/c1-13(10-11-19-14-6-3-2-4-7-14)22-18(23)15-8-5-9-16-17(15)21-12-20-16/h5,8-9,12-14,19H,2-4,6-7,10-11H2,1H3,(H,20,21)(H,22,23). The van der Waals surface area contributed by atoms with Gasteiger partial charge in [-0.25, -0.2) is 4.98 Å². The van der Waals surface area contributed by atoms with E-state index in [-0.39, 0.29) is 11.9 Å². The number of benzene rings is 1. The van der Waals surface area contributed by atoms with Crippen LogP contribution < -0.4 is 10.6 Å². The summed E-state index contributed by atoms with van der Waals surface area (Å²) in [4.78, 5) is 19.7. The number of carbonyl (C=O) groups is 1. The van der Waals surface area contributed by atoms with Crippen molar-refractivity contribution >= 4 is 16.9 Å². The molecule has 124 valence electrons. The van der Waals surface area contributed by atoms with Crippen LogP contribution in [0.5, 0.6) is 0 Å². The van der Waals surface area contributed by atoms with Gasteiger partial charge in [0, 0.05) is 12.1 Å². The van der Waals surface area contributed by atoms with Crippen LogP contribution >= 0.6 is 0 Å². The number of nitrogens with one attached hydrogen (secondary N) is 3. The molecule has 5 heteroatoms. The van der Waals surface area contributed by atoms with Crippen LogP contribution in [0.25, 0.3) is 11.0 Å². The first-order chi connectivity index (χ1) is 11.2. The molecule has 3 rings (SSSR count). The highest BCUT2D eigenvalue weighted by Gasteiger charge is 2.15. The Hall–Kier alpha value is -1.88. The van der Waals surface area contributed by atoms with Crippen LogP contribution in [0.3, 0.4) is 0 Å². The normalized spacial score (nSPS) is 17.3. The highest BCUT2D eigenvalue weighted by molar-refractivity contribution is 6.04. The average Bonchev–Trinajstić information content (AvgIpc) is 3.04. The Morgan fingerprint density at radius 3 is 3.00 bits per heavy atom. The van der Waals surface area contributed by atoms with Crippen LogP contribution in [0.1, 0.15) is 55.8 Å². The van der Waals surface area contributed by atoms with E-state index in [1.54, 1.807) is 6.33 Å². The fourth-order valence-electron chi connectivity index (χ4n) is 3.33. The van der Waals surface area contributed by atoms with Crippen LogP contribution in [0.15, 0.2) is 24.5 Å². The van der Waals surface area contributed by atoms with Crippen molar-refractivity contribution in [3.05, 3.63) is 30.1 Å². The topological polar surface area (TPSA) is 69.8 Å². The van der Waals surface area contributed by atoms with Crippen molar-refractivity contribution in [1.29, 1.82) is 0 Å². The van der Waals surface area contributed by atoms with Crippen molar-refractivity contribution in [2.24, 2.45) is 0 Å². The molecular weight excluding hydrogens is 288 g/mol. The van der Waals surface area contributed by atoms with Gasteiger partial charge < -0.3 is 15.6 Å². The highest BCUT2D eigenvalue weighted by Crippen LogP contribution is 2.17. The fourth-order valence-corrected chi connectivity index (χ4v) is 3.33. The van der Waals surface area contributed by atoms with Gasteiger partial charge >= 0.3 is 0 Å². The van der Waals surface area contributed by atoms with E-state index in [0.717, 1.165) is 24.0 Å². The van der Waals surface area contributed by atoms with Gasteiger partial charge in [-0.1, -0.05) is 25.3 Å². The third kappa shape index (κ3) is 4.10. The molecule has 0 bridgehead atoms. The molecule has 2 aromatic rings.